The Morgan fingerprint density at radius 3 is 2.44 bits per heavy atom. The Kier molecular flexibility index (Phi) is 2.27. The van der Waals surface area contributed by atoms with E-state index in [1.54, 1.807) is 0 Å². The maximum atomic E-state index is 7.02. The van der Waals surface area contributed by atoms with Crippen LogP contribution in [0.2, 0.25) is 0 Å². The van der Waals surface area contributed by atoms with Crippen molar-refractivity contribution in [1.82, 2.24) is 0 Å². The molecule has 16 heavy (non-hydrogen) atoms. The van der Waals surface area contributed by atoms with Crippen LogP contribution in [0.1, 0.15) is 65.7 Å². The van der Waals surface area contributed by atoms with Crippen molar-refractivity contribution in [2.45, 2.75) is 70.6 Å². The molecule has 3 aliphatic carbocycles. The molecule has 0 saturated heterocycles. The summed E-state index contributed by atoms with van der Waals surface area (Å²) in [5.41, 5.74) is 1.13. The van der Waals surface area contributed by atoms with Crippen LogP contribution in [0.15, 0.2) is 0 Å². The van der Waals surface area contributed by atoms with Crippen LogP contribution in [0.4, 0.5) is 0 Å². The van der Waals surface area contributed by atoms with Gasteiger partial charge in [0.25, 0.3) is 0 Å². The van der Waals surface area contributed by atoms with Crippen molar-refractivity contribution < 1.29 is 0 Å². The predicted octanol–water partition coefficient (Wildman–Crippen LogP) is 5.00. The van der Waals surface area contributed by atoms with Gasteiger partial charge in [-0.1, -0.05) is 27.2 Å². The highest BCUT2D eigenvalue weighted by Gasteiger charge is 2.59. The summed E-state index contributed by atoms with van der Waals surface area (Å²) >= 11 is 7.02. The molecule has 0 aromatic carbocycles. The normalized spacial score (nSPS) is 54.8. The fourth-order valence-corrected chi connectivity index (χ4v) is 5.79. The van der Waals surface area contributed by atoms with E-state index in [0.29, 0.717) is 10.8 Å². The first-order valence-corrected chi connectivity index (χ1v) is 7.42. The third-order valence-corrected chi connectivity index (χ3v) is 6.66. The van der Waals surface area contributed by atoms with E-state index in [9.17, 15) is 0 Å². The van der Waals surface area contributed by atoms with Gasteiger partial charge >= 0.3 is 0 Å². The van der Waals surface area contributed by atoms with Crippen LogP contribution in [0.25, 0.3) is 0 Å². The average molecular weight is 241 g/mol. The molecule has 3 rings (SSSR count). The van der Waals surface area contributed by atoms with E-state index in [1.165, 1.54) is 44.9 Å². The van der Waals surface area contributed by atoms with E-state index >= 15 is 0 Å². The van der Waals surface area contributed by atoms with Gasteiger partial charge in [-0.25, -0.2) is 0 Å². The lowest BCUT2D eigenvalue weighted by Crippen LogP contribution is -2.53. The van der Waals surface area contributed by atoms with Gasteiger partial charge in [-0.05, 0) is 61.2 Å². The van der Waals surface area contributed by atoms with Crippen LogP contribution in [-0.2, 0) is 0 Å². The van der Waals surface area contributed by atoms with Gasteiger partial charge in [0.05, 0.1) is 0 Å². The van der Waals surface area contributed by atoms with Gasteiger partial charge in [0.2, 0.25) is 0 Å². The predicted molar refractivity (Wildman–Crippen MR) is 69.8 cm³/mol. The highest BCUT2D eigenvalue weighted by atomic mass is 35.5. The maximum absolute atomic E-state index is 7.02. The molecular weight excluding hydrogens is 216 g/mol. The molecule has 0 aliphatic heterocycles. The van der Waals surface area contributed by atoms with Gasteiger partial charge < -0.3 is 0 Å². The minimum atomic E-state index is 0.170. The second-order valence-corrected chi connectivity index (χ2v) is 8.57. The third kappa shape index (κ3) is 1.48. The molecule has 0 N–H and O–H groups in total. The standard InChI is InChI=1S/C15H25Cl/c1-13(2)9-12-11(13)5-8-14(3)6-4-7-15(12,16)10-14/h11-12H,4-10H2,1-3H3. The molecule has 3 saturated carbocycles. The summed E-state index contributed by atoms with van der Waals surface area (Å²) in [6.45, 7) is 7.39. The van der Waals surface area contributed by atoms with Crippen molar-refractivity contribution in [1.29, 1.82) is 0 Å². The van der Waals surface area contributed by atoms with Crippen molar-refractivity contribution >= 4 is 11.6 Å². The van der Waals surface area contributed by atoms with Crippen molar-refractivity contribution in [3.63, 3.8) is 0 Å². The summed E-state index contributed by atoms with van der Waals surface area (Å²) in [6, 6.07) is 0. The molecule has 0 heterocycles. The summed E-state index contributed by atoms with van der Waals surface area (Å²) in [6.07, 6.45) is 9.58. The molecule has 4 unspecified atom stereocenters. The van der Waals surface area contributed by atoms with Crippen molar-refractivity contribution in [2.75, 3.05) is 0 Å². The molecule has 0 aromatic rings. The first-order valence-electron chi connectivity index (χ1n) is 7.04. The molecule has 0 amide bonds. The molecule has 0 nitrogen and oxygen atoms in total. The van der Waals surface area contributed by atoms with E-state index < -0.39 is 0 Å². The Hall–Kier alpha value is 0.290. The Labute approximate surface area is 105 Å². The Bertz CT molecular complexity index is 309. The number of rotatable bonds is 0. The molecular formula is C15H25Cl. The molecule has 3 fully saturated rings. The minimum Gasteiger partial charge on any atom is -0.119 e. The van der Waals surface area contributed by atoms with Gasteiger partial charge in [0.1, 0.15) is 0 Å². The zero-order chi connectivity index (χ0) is 11.6. The van der Waals surface area contributed by atoms with Crippen LogP contribution in [0.5, 0.6) is 0 Å². The van der Waals surface area contributed by atoms with Crippen molar-refractivity contribution in [3.05, 3.63) is 0 Å². The molecule has 0 radical (unpaired) electrons. The monoisotopic (exact) mass is 240 g/mol. The molecule has 1 heteroatoms. The second kappa shape index (κ2) is 3.19. The smallest absolute Gasteiger partial charge is 0.0483 e. The number of alkyl halides is 1. The van der Waals surface area contributed by atoms with E-state index in [4.69, 9.17) is 11.6 Å². The van der Waals surface area contributed by atoms with Crippen LogP contribution in [0.3, 0.4) is 0 Å². The maximum Gasteiger partial charge on any atom is 0.0483 e. The lowest BCUT2D eigenvalue weighted by atomic mass is 9.50. The van der Waals surface area contributed by atoms with Gasteiger partial charge in [-0.2, -0.15) is 0 Å². The number of hydrogen-bond donors (Lipinski definition) is 0. The summed E-state index contributed by atoms with van der Waals surface area (Å²) in [5.74, 6) is 1.73. The highest BCUT2D eigenvalue weighted by Crippen LogP contribution is 2.66. The van der Waals surface area contributed by atoms with Crippen LogP contribution < -0.4 is 0 Å². The molecule has 3 aliphatic rings. The highest BCUT2D eigenvalue weighted by molar-refractivity contribution is 6.24. The van der Waals surface area contributed by atoms with E-state index in [2.05, 4.69) is 20.8 Å². The van der Waals surface area contributed by atoms with Gasteiger partial charge in [-0.15, -0.1) is 11.6 Å². The molecule has 2 bridgehead atoms. The van der Waals surface area contributed by atoms with E-state index in [-0.39, 0.29) is 4.87 Å². The fourth-order valence-electron chi connectivity index (χ4n) is 5.11. The zero-order valence-electron chi connectivity index (χ0n) is 11.0. The van der Waals surface area contributed by atoms with Gasteiger partial charge in [0, 0.05) is 4.87 Å². The molecule has 92 valence electrons. The minimum absolute atomic E-state index is 0.170. The Balaban J connectivity index is 1.92. The topological polar surface area (TPSA) is 0 Å². The number of hydrogen-bond acceptors (Lipinski definition) is 0. The first-order chi connectivity index (χ1) is 7.35. The fraction of sp³-hybridized carbons (Fsp3) is 1.00. The third-order valence-electron chi connectivity index (χ3n) is 6.05. The van der Waals surface area contributed by atoms with E-state index in [1.807, 2.05) is 0 Å². The quantitative estimate of drug-likeness (QED) is 0.523. The SMILES string of the molecule is CC12CCCC(Cl)(C1)C1CC(C)(C)C1CC2. The van der Waals surface area contributed by atoms with Gasteiger partial charge in [-0.3, -0.25) is 0 Å². The molecule has 0 aromatic heterocycles. The lowest BCUT2D eigenvalue weighted by Gasteiger charge is -2.57. The first kappa shape index (κ1) is 11.4. The molecule has 0 spiro atoms. The second-order valence-electron chi connectivity index (χ2n) is 7.82. The number of halogens is 1. The lowest BCUT2D eigenvalue weighted by molar-refractivity contribution is -0.0402. The number of fused-ring (bicyclic) bond motifs is 4. The summed E-state index contributed by atoms with van der Waals surface area (Å²) < 4.78 is 0. The summed E-state index contributed by atoms with van der Waals surface area (Å²) in [5, 5.41) is 0. The van der Waals surface area contributed by atoms with Crippen molar-refractivity contribution in [3.8, 4) is 0 Å². The molecule has 4 atom stereocenters. The Morgan fingerprint density at radius 2 is 1.75 bits per heavy atom. The average Bonchev–Trinajstić information content (AvgIpc) is 2.19. The van der Waals surface area contributed by atoms with E-state index in [0.717, 1.165) is 11.8 Å². The Morgan fingerprint density at radius 1 is 1.00 bits per heavy atom. The summed E-state index contributed by atoms with van der Waals surface area (Å²) in [4.78, 5) is 0.170. The van der Waals surface area contributed by atoms with Crippen molar-refractivity contribution in [2.24, 2.45) is 22.7 Å². The van der Waals surface area contributed by atoms with Crippen LogP contribution in [-0.4, -0.2) is 4.87 Å². The van der Waals surface area contributed by atoms with Gasteiger partial charge in [0.15, 0.2) is 0 Å². The largest absolute Gasteiger partial charge is 0.119 e. The van der Waals surface area contributed by atoms with Crippen LogP contribution in [0, 0.1) is 22.7 Å². The summed E-state index contributed by atoms with van der Waals surface area (Å²) in [7, 11) is 0. The van der Waals surface area contributed by atoms with Crippen LogP contribution >= 0.6 is 11.6 Å². The zero-order valence-corrected chi connectivity index (χ0v) is 11.7.